The third-order valence-electron chi connectivity index (χ3n) is 4.93. The second-order valence-corrected chi connectivity index (χ2v) is 7.32. The standard InChI is InChI=1S/C19H29N/c1-14(2)11-15-5-3-6-16(12-15)19-8-4-7-17(19)13-20-18-9-10-18/h3,5-6,12,14,17-20H,4,7-11,13H2,1-2H3. The van der Waals surface area contributed by atoms with Crippen molar-refractivity contribution in [2.75, 3.05) is 6.54 Å². The topological polar surface area (TPSA) is 12.0 Å². The Bertz CT molecular complexity index is 433. The average Bonchev–Trinajstić information content (AvgIpc) is 3.13. The molecule has 1 aromatic rings. The first-order valence-corrected chi connectivity index (χ1v) is 8.54. The smallest absolute Gasteiger partial charge is 0.00683 e. The van der Waals surface area contributed by atoms with E-state index in [9.17, 15) is 0 Å². The minimum Gasteiger partial charge on any atom is -0.314 e. The van der Waals surface area contributed by atoms with Crippen LogP contribution in [0.4, 0.5) is 0 Å². The Hall–Kier alpha value is -0.820. The van der Waals surface area contributed by atoms with Gasteiger partial charge in [0.05, 0.1) is 0 Å². The summed E-state index contributed by atoms with van der Waals surface area (Å²) in [5.41, 5.74) is 3.13. The highest BCUT2D eigenvalue weighted by Crippen LogP contribution is 2.40. The summed E-state index contributed by atoms with van der Waals surface area (Å²) < 4.78 is 0. The van der Waals surface area contributed by atoms with Gasteiger partial charge in [0, 0.05) is 6.04 Å². The van der Waals surface area contributed by atoms with Crippen molar-refractivity contribution in [1.82, 2.24) is 5.32 Å². The van der Waals surface area contributed by atoms with Crippen LogP contribution in [-0.2, 0) is 6.42 Å². The van der Waals surface area contributed by atoms with E-state index in [0.29, 0.717) is 0 Å². The maximum absolute atomic E-state index is 3.75. The molecule has 20 heavy (non-hydrogen) atoms. The molecular weight excluding hydrogens is 242 g/mol. The van der Waals surface area contributed by atoms with Crippen molar-refractivity contribution in [3.63, 3.8) is 0 Å². The van der Waals surface area contributed by atoms with E-state index < -0.39 is 0 Å². The zero-order valence-corrected chi connectivity index (χ0v) is 13.1. The summed E-state index contributed by atoms with van der Waals surface area (Å²) >= 11 is 0. The highest BCUT2D eigenvalue weighted by molar-refractivity contribution is 5.28. The van der Waals surface area contributed by atoms with Gasteiger partial charge in [-0.1, -0.05) is 44.5 Å². The van der Waals surface area contributed by atoms with E-state index in [0.717, 1.165) is 23.8 Å². The Kier molecular flexibility index (Phi) is 4.45. The van der Waals surface area contributed by atoms with Gasteiger partial charge in [0.2, 0.25) is 0 Å². The normalized spacial score (nSPS) is 26.4. The van der Waals surface area contributed by atoms with Gasteiger partial charge < -0.3 is 5.32 Å². The van der Waals surface area contributed by atoms with Gasteiger partial charge in [-0.3, -0.25) is 0 Å². The van der Waals surface area contributed by atoms with Gasteiger partial charge in [0.25, 0.3) is 0 Å². The lowest BCUT2D eigenvalue weighted by Gasteiger charge is -2.21. The number of hydrogen-bond donors (Lipinski definition) is 1. The lowest BCUT2D eigenvalue weighted by molar-refractivity contribution is 0.442. The molecule has 0 aromatic heterocycles. The molecule has 2 saturated carbocycles. The fraction of sp³-hybridized carbons (Fsp3) is 0.684. The van der Waals surface area contributed by atoms with Gasteiger partial charge in [-0.2, -0.15) is 0 Å². The van der Waals surface area contributed by atoms with Gasteiger partial charge in [-0.15, -0.1) is 0 Å². The van der Waals surface area contributed by atoms with Gasteiger partial charge in [-0.05, 0) is 67.5 Å². The number of nitrogens with one attached hydrogen (secondary N) is 1. The van der Waals surface area contributed by atoms with Crippen molar-refractivity contribution in [2.24, 2.45) is 11.8 Å². The maximum atomic E-state index is 3.75. The molecule has 2 unspecified atom stereocenters. The zero-order chi connectivity index (χ0) is 13.9. The highest BCUT2D eigenvalue weighted by Gasteiger charge is 2.30. The molecule has 0 bridgehead atoms. The molecule has 1 aromatic carbocycles. The Morgan fingerprint density at radius 3 is 2.75 bits per heavy atom. The van der Waals surface area contributed by atoms with Crippen molar-refractivity contribution in [3.05, 3.63) is 35.4 Å². The third-order valence-corrected chi connectivity index (χ3v) is 4.93. The summed E-state index contributed by atoms with van der Waals surface area (Å²) in [6.45, 7) is 5.86. The zero-order valence-electron chi connectivity index (χ0n) is 13.1. The summed E-state index contributed by atoms with van der Waals surface area (Å²) in [4.78, 5) is 0. The number of rotatable bonds is 6. The summed E-state index contributed by atoms with van der Waals surface area (Å²) in [5.74, 6) is 2.42. The largest absolute Gasteiger partial charge is 0.314 e. The molecular formula is C19H29N. The predicted octanol–water partition coefficient (Wildman–Crippen LogP) is 4.52. The van der Waals surface area contributed by atoms with Crippen molar-refractivity contribution in [3.8, 4) is 0 Å². The fourth-order valence-electron chi connectivity index (χ4n) is 3.75. The fourth-order valence-corrected chi connectivity index (χ4v) is 3.75. The Morgan fingerprint density at radius 2 is 2.00 bits per heavy atom. The summed E-state index contributed by atoms with van der Waals surface area (Å²) in [6.07, 6.45) is 8.24. The maximum Gasteiger partial charge on any atom is 0.00683 e. The third kappa shape index (κ3) is 3.63. The van der Waals surface area contributed by atoms with Crippen molar-refractivity contribution < 1.29 is 0 Å². The lowest BCUT2D eigenvalue weighted by atomic mass is 9.87. The van der Waals surface area contributed by atoms with E-state index in [-0.39, 0.29) is 0 Å². The van der Waals surface area contributed by atoms with E-state index in [4.69, 9.17) is 0 Å². The van der Waals surface area contributed by atoms with Crippen LogP contribution in [0.25, 0.3) is 0 Å². The quantitative estimate of drug-likeness (QED) is 0.802. The highest BCUT2D eigenvalue weighted by atomic mass is 14.9. The lowest BCUT2D eigenvalue weighted by Crippen LogP contribution is -2.26. The molecule has 1 nitrogen and oxygen atoms in total. The SMILES string of the molecule is CC(C)Cc1cccc(C2CCCC2CNC2CC2)c1. The summed E-state index contributed by atoms with van der Waals surface area (Å²) in [5, 5.41) is 3.75. The molecule has 0 heterocycles. The Balaban J connectivity index is 1.66. The molecule has 3 rings (SSSR count). The second kappa shape index (κ2) is 6.30. The predicted molar refractivity (Wildman–Crippen MR) is 86.1 cm³/mol. The summed E-state index contributed by atoms with van der Waals surface area (Å²) in [6, 6.07) is 10.3. The van der Waals surface area contributed by atoms with Gasteiger partial charge >= 0.3 is 0 Å². The van der Waals surface area contributed by atoms with Crippen LogP contribution in [0, 0.1) is 11.8 Å². The first-order chi connectivity index (χ1) is 9.72. The van der Waals surface area contributed by atoms with Crippen LogP contribution < -0.4 is 5.32 Å². The molecule has 0 amide bonds. The number of hydrogen-bond acceptors (Lipinski definition) is 1. The van der Waals surface area contributed by atoms with Gasteiger partial charge in [0.1, 0.15) is 0 Å². The van der Waals surface area contributed by atoms with Crippen molar-refractivity contribution >= 4 is 0 Å². The van der Waals surface area contributed by atoms with E-state index in [1.54, 1.807) is 5.56 Å². The van der Waals surface area contributed by atoms with Crippen LogP contribution in [0.2, 0.25) is 0 Å². The van der Waals surface area contributed by atoms with E-state index >= 15 is 0 Å². The Labute approximate surface area is 124 Å². The second-order valence-electron chi connectivity index (χ2n) is 7.32. The van der Waals surface area contributed by atoms with Crippen LogP contribution >= 0.6 is 0 Å². The van der Waals surface area contributed by atoms with Crippen molar-refractivity contribution in [2.45, 2.75) is 64.3 Å². The molecule has 0 spiro atoms. The average molecular weight is 271 g/mol. The minimum atomic E-state index is 0.751. The number of benzene rings is 1. The molecule has 1 heteroatoms. The van der Waals surface area contributed by atoms with E-state index in [2.05, 4.69) is 43.4 Å². The van der Waals surface area contributed by atoms with Gasteiger partial charge in [-0.25, -0.2) is 0 Å². The van der Waals surface area contributed by atoms with E-state index in [1.165, 1.54) is 50.6 Å². The molecule has 110 valence electrons. The molecule has 0 saturated heterocycles. The molecule has 2 fully saturated rings. The van der Waals surface area contributed by atoms with Crippen molar-refractivity contribution in [1.29, 1.82) is 0 Å². The summed E-state index contributed by atoms with van der Waals surface area (Å²) in [7, 11) is 0. The van der Waals surface area contributed by atoms with Gasteiger partial charge in [0.15, 0.2) is 0 Å². The first-order valence-electron chi connectivity index (χ1n) is 8.54. The van der Waals surface area contributed by atoms with Crippen LogP contribution in [0.3, 0.4) is 0 Å². The molecule has 2 aliphatic carbocycles. The molecule has 2 aliphatic rings. The van der Waals surface area contributed by atoms with Crippen LogP contribution in [0.1, 0.15) is 63.0 Å². The Morgan fingerprint density at radius 1 is 1.15 bits per heavy atom. The van der Waals surface area contributed by atoms with Crippen LogP contribution in [0.5, 0.6) is 0 Å². The minimum absolute atomic E-state index is 0.751. The monoisotopic (exact) mass is 271 g/mol. The van der Waals surface area contributed by atoms with Crippen LogP contribution in [0.15, 0.2) is 24.3 Å². The first kappa shape index (κ1) is 14.1. The molecule has 0 aliphatic heterocycles. The molecule has 0 radical (unpaired) electrons. The molecule has 2 atom stereocenters. The molecule has 1 N–H and O–H groups in total. The van der Waals surface area contributed by atoms with E-state index in [1.807, 2.05) is 0 Å². The van der Waals surface area contributed by atoms with Crippen LogP contribution in [-0.4, -0.2) is 12.6 Å².